The summed E-state index contributed by atoms with van der Waals surface area (Å²) in [5, 5.41) is 9.91. The van der Waals surface area contributed by atoms with Gasteiger partial charge < -0.3 is 19.4 Å². The quantitative estimate of drug-likeness (QED) is 0.347. The monoisotopic (exact) mass is 602 g/mol. The number of hydrogen-bond acceptors (Lipinski definition) is 7. The first kappa shape index (κ1) is 28.6. The standard InChI is InChI=1S/C33H33F3N6O2/c1-18(34)32(43)42-13-12-41(16-20(42)9-10-37)31-24-6-5-23(22-7-8-27(35)28-25-14-19(25)15-26(22)28)29(36)30(24)38-33(39-31)44-17-21-4-3-11-40(21)2/h5-8,19-21,25H,1,3-4,9,11-17H2,2H3/t19-,20-,21-,25-/m0/s1. The summed E-state index contributed by atoms with van der Waals surface area (Å²) < 4.78 is 51.2. The number of aromatic nitrogens is 2. The van der Waals surface area contributed by atoms with E-state index in [9.17, 15) is 18.8 Å². The molecule has 2 aliphatic heterocycles. The van der Waals surface area contributed by atoms with Crippen LogP contribution in [0.5, 0.6) is 6.01 Å². The van der Waals surface area contributed by atoms with Crippen molar-refractivity contribution < 1.29 is 22.7 Å². The van der Waals surface area contributed by atoms with Crippen molar-refractivity contribution >= 4 is 22.6 Å². The maximum absolute atomic E-state index is 16.6. The highest BCUT2D eigenvalue weighted by atomic mass is 19.1. The predicted molar refractivity (Wildman–Crippen MR) is 159 cm³/mol. The topological polar surface area (TPSA) is 85.6 Å². The molecule has 0 N–H and O–H groups in total. The molecule has 8 nitrogen and oxygen atoms in total. The molecule has 7 rings (SSSR count). The highest BCUT2D eigenvalue weighted by Gasteiger charge is 2.47. The molecule has 2 aliphatic carbocycles. The molecule has 0 spiro atoms. The molecule has 44 heavy (non-hydrogen) atoms. The fraction of sp³-hybridized carbons (Fsp3) is 0.455. The van der Waals surface area contributed by atoms with Crippen molar-refractivity contribution in [1.29, 1.82) is 5.26 Å². The van der Waals surface area contributed by atoms with Crippen molar-refractivity contribution in [3.05, 3.63) is 59.4 Å². The predicted octanol–water partition coefficient (Wildman–Crippen LogP) is 5.12. The summed E-state index contributed by atoms with van der Waals surface area (Å²) in [6, 6.07) is 8.22. The Kier molecular flexibility index (Phi) is 7.20. The Labute approximate surface area is 253 Å². The molecular formula is C33H33F3N6O2. The molecule has 3 heterocycles. The van der Waals surface area contributed by atoms with Crippen LogP contribution in [0.2, 0.25) is 0 Å². The van der Waals surface area contributed by atoms with E-state index in [1.807, 2.05) is 11.9 Å². The number of carbonyl (C=O) groups excluding carboxylic acids is 1. The van der Waals surface area contributed by atoms with Gasteiger partial charge in [-0.05, 0) is 79.9 Å². The van der Waals surface area contributed by atoms with Crippen molar-refractivity contribution in [1.82, 2.24) is 19.8 Å². The van der Waals surface area contributed by atoms with E-state index in [0.717, 1.165) is 37.8 Å². The van der Waals surface area contributed by atoms with Crippen LogP contribution in [0.25, 0.3) is 22.0 Å². The van der Waals surface area contributed by atoms with Crippen LogP contribution in [-0.4, -0.2) is 77.6 Å². The summed E-state index contributed by atoms with van der Waals surface area (Å²) in [6.07, 6.45) is 3.72. The van der Waals surface area contributed by atoms with Gasteiger partial charge in [-0.15, -0.1) is 0 Å². The Bertz CT molecular complexity index is 1720. The average molecular weight is 603 g/mol. The molecule has 2 aromatic carbocycles. The van der Waals surface area contributed by atoms with Gasteiger partial charge in [0.15, 0.2) is 11.6 Å². The third kappa shape index (κ3) is 4.85. The summed E-state index contributed by atoms with van der Waals surface area (Å²) in [7, 11) is 2.03. The van der Waals surface area contributed by atoms with E-state index in [2.05, 4.69) is 22.5 Å². The second kappa shape index (κ2) is 11.1. The van der Waals surface area contributed by atoms with Gasteiger partial charge in [-0.1, -0.05) is 18.7 Å². The van der Waals surface area contributed by atoms with E-state index in [1.54, 1.807) is 18.2 Å². The molecule has 228 valence electrons. The number of nitrogens with zero attached hydrogens (tertiary/aromatic N) is 6. The van der Waals surface area contributed by atoms with Gasteiger partial charge in [-0.2, -0.15) is 15.2 Å². The smallest absolute Gasteiger partial charge is 0.319 e. The summed E-state index contributed by atoms with van der Waals surface area (Å²) in [4.78, 5) is 27.1. The van der Waals surface area contributed by atoms with Gasteiger partial charge in [0.05, 0.1) is 18.5 Å². The molecule has 4 aliphatic rings. The normalized spacial score (nSPS) is 24.2. The van der Waals surface area contributed by atoms with Gasteiger partial charge in [0.1, 0.15) is 23.8 Å². The van der Waals surface area contributed by atoms with Crippen LogP contribution in [0, 0.1) is 28.9 Å². The lowest BCUT2D eigenvalue weighted by atomic mass is 9.93. The maximum Gasteiger partial charge on any atom is 0.319 e. The molecule has 4 atom stereocenters. The number of nitriles is 1. The van der Waals surface area contributed by atoms with Crippen LogP contribution in [0.15, 0.2) is 36.7 Å². The summed E-state index contributed by atoms with van der Waals surface area (Å²) in [6.45, 7) is 5.03. The highest BCUT2D eigenvalue weighted by Crippen LogP contribution is 2.58. The number of piperazine rings is 1. The van der Waals surface area contributed by atoms with E-state index in [1.165, 1.54) is 11.0 Å². The molecule has 1 amide bonds. The van der Waals surface area contributed by atoms with Crippen molar-refractivity contribution in [2.24, 2.45) is 5.92 Å². The van der Waals surface area contributed by atoms with E-state index < -0.39 is 23.6 Å². The number of fused-ring (bicyclic) bond motifs is 4. The second-order valence-corrected chi connectivity index (χ2v) is 12.4. The third-order valence-electron chi connectivity index (χ3n) is 9.80. The molecule has 0 radical (unpaired) electrons. The first-order valence-electron chi connectivity index (χ1n) is 15.2. The largest absolute Gasteiger partial charge is 0.462 e. The van der Waals surface area contributed by atoms with Crippen LogP contribution < -0.4 is 9.64 Å². The lowest BCUT2D eigenvalue weighted by Crippen LogP contribution is -2.55. The zero-order valence-corrected chi connectivity index (χ0v) is 24.5. The Morgan fingerprint density at radius 1 is 1.14 bits per heavy atom. The van der Waals surface area contributed by atoms with E-state index >= 15 is 4.39 Å². The van der Waals surface area contributed by atoms with Gasteiger partial charge in [-0.25, -0.2) is 13.2 Å². The number of ether oxygens (including phenoxy) is 1. The van der Waals surface area contributed by atoms with Gasteiger partial charge >= 0.3 is 6.01 Å². The van der Waals surface area contributed by atoms with Gasteiger partial charge in [0.2, 0.25) is 0 Å². The SMILES string of the molecule is C=C(F)C(=O)N1CCN(c2nc(OC[C@@H]3CCCN3C)nc3c(F)c(-c4ccc(F)c5c4C[C@@H]4C[C@H]54)ccc23)C[C@@H]1CC#N. The number of benzene rings is 2. The van der Waals surface area contributed by atoms with Crippen LogP contribution in [0.1, 0.15) is 42.7 Å². The minimum absolute atomic E-state index is 0.0217. The van der Waals surface area contributed by atoms with E-state index in [-0.39, 0.29) is 55.4 Å². The van der Waals surface area contributed by atoms with Crippen LogP contribution >= 0.6 is 0 Å². The number of anilines is 1. The Morgan fingerprint density at radius 2 is 1.95 bits per heavy atom. The molecule has 0 unspecified atom stereocenters. The molecule has 3 aromatic rings. The molecule has 3 fully saturated rings. The molecule has 1 saturated carbocycles. The van der Waals surface area contributed by atoms with E-state index in [4.69, 9.17) is 9.72 Å². The third-order valence-corrected chi connectivity index (χ3v) is 9.80. The fourth-order valence-corrected chi connectivity index (χ4v) is 7.35. The first-order valence-corrected chi connectivity index (χ1v) is 15.2. The van der Waals surface area contributed by atoms with Crippen molar-refractivity contribution in [2.45, 2.75) is 50.1 Å². The summed E-state index contributed by atoms with van der Waals surface area (Å²) in [5.74, 6) is -1.64. The number of carbonyl (C=O) groups is 1. The molecular weight excluding hydrogens is 569 g/mol. The lowest BCUT2D eigenvalue weighted by molar-refractivity contribution is -0.131. The molecule has 1 aromatic heterocycles. The fourth-order valence-electron chi connectivity index (χ4n) is 7.35. The Balaban J connectivity index is 1.30. The lowest BCUT2D eigenvalue weighted by Gasteiger charge is -2.41. The number of halogens is 3. The van der Waals surface area contributed by atoms with Crippen LogP contribution in [-0.2, 0) is 11.2 Å². The minimum Gasteiger partial charge on any atom is -0.462 e. The summed E-state index contributed by atoms with van der Waals surface area (Å²) >= 11 is 0. The molecule has 0 bridgehead atoms. The number of hydrogen-bond donors (Lipinski definition) is 0. The zero-order chi connectivity index (χ0) is 30.7. The zero-order valence-electron chi connectivity index (χ0n) is 24.5. The molecule has 11 heteroatoms. The van der Waals surface area contributed by atoms with Crippen LogP contribution in [0.4, 0.5) is 19.0 Å². The van der Waals surface area contributed by atoms with Crippen molar-refractivity contribution in [3.63, 3.8) is 0 Å². The molecule has 2 saturated heterocycles. The second-order valence-electron chi connectivity index (χ2n) is 12.4. The average Bonchev–Trinajstić information content (AvgIpc) is 3.47. The Hall–Kier alpha value is -4.17. The number of likely N-dealkylation sites (tertiary alicyclic amines) is 1. The number of rotatable bonds is 7. The number of likely N-dealkylation sites (N-methyl/N-ethyl adjacent to an activating group) is 1. The number of amides is 1. The van der Waals surface area contributed by atoms with Gasteiger partial charge in [-0.3, -0.25) is 4.79 Å². The minimum atomic E-state index is -1.08. The Morgan fingerprint density at radius 3 is 2.70 bits per heavy atom. The summed E-state index contributed by atoms with van der Waals surface area (Å²) in [5.41, 5.74) is 2.69. The van der Waals surface area contributed by atoms with Crippen molar-refractivity contribution in [2.75, 3.05) is 44.7 Å². The van der Waals surface area contributed by atoms with Crippen LogP contribution in [0.3, 0.4) is 0 Å². The highest BCUT2D eigenvalue weighted by molar-refractivity contribution is 5.94. The van der Waals surface area contributed by atoms with Gasteiger partial charge in [0, 0.05) is 36.6 Å². The maximum atomic E-state index is 16.6. The van der Waals surface area contributed by atoms with Gasteiger partial charge in [0.25, 0.3) is 5.91 Å². The first-order chi connectivity index (χ1) is 21.2. The van der Waals surface area contributed by atoms with Crippen molar-refractivity contribution in [3.8, 4) is 23.2 Å². The van der Waals surface area contributed by atoms with E-state index in [0.29, 0.717) is 40.4 Å².